The predicted molar refractivity (Wildman–Crippen MR) is 100 cm³/mol. The Morgan fingerprint density at radius 2 is 2.07 bits per heavy atom. The summed E-state index contributed by atoms with van der Waals surface area (Å²) in [5.74, 6) is -1.95. The summed E-state index contributed by atoms with van der Waals surface area (Å²) in [4.78, 5) is 17.5. The predicted octanol–water partition coefficient (Wildman–Crippen LogP) is 3.01. The number of ether oxygens (including phenoxy) is 1. The fraction of sp³-hybridized carbons (Fsp3) is 0.412. The van der Waals surface area contributed by atoms with E-state index in [1.807, 2.05) is 6.92 Å². The van der Waals surface area contributed by atoms with Crippen molar-refractivity contribution in [2.75, 3.05) is 29.9 Å². The molecule has 1 fully saturated rings. The zero-order valence-electron chi connectivity index (χ0n) is 15.3. The number of nitrogens with zero attached hydrogens (tertiary/aromatic N) is 4. The molecule has 0 radical (unpaired) electrons. The van der Waals surface area contributed by atoms with Gasteiger partial charge < -0.3 is 20.3 Å². The molecule has 2 amide bonds. The second-order valence-electron chi connectivity index (χ2n) is 6.31. The van der Waals surface area contributed by atoms with Gasteiger partial charge in [0.2, 0.25) is 5.88 Å². The van der Waals surface area contributed by atoms with Crippen molar-refractivity contribution in [3.63, 3.8) is 0 Å². The van der Waals surface area contributed by atoms with Gasteiger partial charge in [0.05, 0.1) is 37.6 Å². The number of rotatable bonds is 6. The van der Waals surface area contributed by atoms with E-state index in [9.17, 15) is 13.6 Å². The van der Waals surface area contributed by atoms with Gasteiger partial charge in [-0.05, 0) is 31.5 Å². The third kappa shape index (κ3) is 4.94. The van der Waals surface area contributed by atoms with Crippen molar-refractivity contribution < 1.29 is 18.3 Å². The highest BCUT2D eigenvalue weighted by atomic mass is 35.5. The van der Waals surface area contributed by atoms with Crippen molar-refractivity contribution in [2.45, 2.75) is 26.3 Å². The minimum Gasteiger partial charge on any atom is -0.478 e. The molecular weight excluding hydrogens is 394 g/mol. The van der Waals surface area contributed by atoms with Crippen molar-refractivity contribution in [3.8, 4) is 5.88 Å². The van der Waals surface area contributed by atoms with Gasteiger partial charge in [0, 0.05) is 6.07 Å². The molecule has 0 bridgehead atoms. The molecule has 0 spiro atoms. The van der Waals surface area contributed by atoms with Crippen LogP contribution in [0.25, 0.3) is 0 Å². The number of amides is 2. The Labute approximate surface area is 165 Å². The number of nitrogens with one attached hydrogen (secondary N) is 2. The highest BCUT2D eigenvalue weighted by molar-refractivity contribution is 6.29. The number of aryl methyl sites for hydroxylation is 1. The summed E-state index contributed by atoms with van der Waals surface area (Å²) in [6, 6.07) is 4.27. The first-order valence-corrected chi connectivity index (χ1v) is 8.95. The molecule has 3 heterocycles. The monoisotopic (exact) mass is 412 g/mol. The third-order valence-corrected chi connectivity index (χ3v) is 4.10. The van der Waals surface area contributed by atoms with Gasteiger partial charge in [-0.2, -0.15) is 5.10 Å². The van der Waals surface area contributed by atoms with Crippen LogP contribution in [0, 0.1) is 6.92 Å². The largest absolute Gasteiger partial charge is 0.478 e. The molecule has 0 aliphatic carbocycles. The molecule has 1 aliphatic rings. The van der Waals surface area contributed by atoms with Crippen LogP contribution < -0.4 is 20.3 Å². The topological polar surface area (TPSA) is 92.3 Å². The minimum absolute atomic E-state index is 0.118. The van der Waals surface area contributed by atoms with E-state index < -0.39 is 12.0 Å². The molecular formula is C17H19ClF2N6O2. The second-order valence-corrected chi connectivity index (χ2v) is 6.70. The van der Waals surface area contributed by atoms with E-state index in [0.29, 0.717) is 35.2 Å². The number of anilines is 2. The van der Waals surface area contributed by atoms with E-state index in [-0.39, 0.29) is 24.8 Å². The Balaban J connectivity index is 1.55. The maximum Gasteiger partial charge on any atom is 0.319 e. The van der Waals surface area contributed by atoms with Crippen LogP contribution in [0.3, 0.4) is 0 Å². The molecule has 0 saturated carbocycles. The molecule has 0 atom stereocenters. The van der Waals surface area contributed by atoms with Crippen LogP contribution in [0.2, 0.25) is 5.15 Å². The van der Waals surface area contributed by atoms with E-state index in [0.717, 1.165) is 0 Å². The van der Waals surface area contributed by atoms with E-state index in [1.54, 1.807) is 19.1 Å². The number of hydrogen-bond donors (Lipinski definition) is 2. The second kappa shape index (κ2) is 8.09. The standard InChI is InChI=1S/C17H19ClF2N6O2/c1-3-28-14-6-11(5-13(18)23-14)22-16(27)21-7-12-4-10(2)15(25-24-12)26-8-17(19,20)9-26/h4-6H,3,7-9H2,1-2H3,(H2,21,22,23,27). The Bertz CT molecular complexity index is 875. The zero-order chi connectivity index (χ0) is 20.3. The summed E-state index contributed by atoms with van der Waals surface area (Å²) in [6.07, 6.45) is 0. The van der Waals surface area contributed by atoms with E-state index in [4.69, 9.17) is 16.3 Å². The Morgan fingerprint density at radius 3 is 2.71 bits per heavy atom. The van der Waals surface area contributed by atoms with E-state index >= 15 is 0 Å². The van der Waals surface area contributed by atoms with E-state index in [1.165, 1.54) is 11.0 Å². The zero-order valence-corrected chi connectivity index (χ0v) is 16.1. The number of hydrogen-bond acceptors (Lipinski definition) is 6. The van der Waals surface area contributed by atoms with Gasteiger partial charge in [0.1, 0.15) is 5.15 Å². The van der Waals surface area contributed by atoms with Crippen LogP contribution in [-0.2, 0) is 6.54 Å². The molecule has 3 rings (SSSR count). The van der Waals surface area contributed by atoms with Crippen molar-refractivity contribution in [2.24, 2.45) is 0 Å². The number of alkyl halides is 2. The summed E-state index contributed by atoms with van der Waals surface area (Å²) >= 11 is 5.90. The lowest BCUT2D eigenvalue weighted by molar-refractivity contribution is -0.0268. The van der Waals surface area contributed by atoms with Crippen molar-refractivity contribution in [1.29, 1.82) is 0 Å². The quantitative estimate of drug-likeness (QED) is 0.708. The summed E-state index contributed by atoms with van der Waals surface area (Å²) in [5.41, 5.74) is 1.65. The van der Waals surface area contributed by atoms with Crippen LogP contribution in [0.5, 0.6) is 5.88 Å². The number of halogens is 3. The van der Waals surface area contributed by atoms with Crippen molar-refractivity contribution in [3.05, 3.63) is 34.6 Å². The van der Waals surface area contributed by atoms with Crippen LogP contribution in [0.4, 0.5) is 25.1 Å². The molecule has 2 aromatic rings. The van der Waals surface area contributed by atoms with Gasteiger partial charge >= 0.3 is 6.03 Å². The summed E-state index contributed by atoms with van der Waals surface area (Å²) in [6.45, 7) is 3.39. The van der Waals surface area contributed by atoms with Gasteiger partial charge in [0.25, 0.3) is 5.92 Å². The molecule has 1 aliphatic heterocycles. The SMILES string of the molecule is CCOc1cc(NC(=O)NCc2cc(C)c(N3CC(F)(F)C3)nn2)cc(Cl)n1. The maximum absolute atomic E-state index is 13.0. The van der Waals surface area contributed by atoms with Crippen LogP contribution in [-0.4, -0.2) is 46.8 Å². The molecule has 150 valence electrons. The number of carbonyl (C=O) groups excluding carboxylic acids is 1. The lowest BCUT2D eigenvalue weighted by Gasteiger charge is -2.39. The lowest BCUT2D eigenvalue weighted by Crippen LogP contribution is -2.57. The highest BCUT2D eigenvalue weighted by Crippen LogP contribution is 2.31. The molecule has 8 nitrogen and oxygen atoms in total. The number of pyridine rings is 1. The van der Waals surface area contributed by atoms with Crippen molar-refractivity contribution in [1.82, 2.24) is 20.5 Å². The molecule has 11 heteroatoms. The number of carbonyl (C=O) groups is 1. The normalized spacial score (nSPS) is 15.0. The van der Waals surface area contributed by atoms with Gasteiger partial charge in [-0.3, -0.25) is 0 Å². The molecule has 2 N–H and O–H groups in total. The Hall–Kier alpha value is -2.75. The summed E-state index contributed by atoms with van der Waals surface area (Å²) < 4.78 is 31.3. The minimum atomic E-state index is -2.68. The van der Waals surface area contributed by atoms with Gasteiger partial charge in [-0.15, -0.1) is 5.10 Å². The first-order chi connectivity index (χ1) is 13.3. The van der Waals surface area contributed by atoms with Crippen molar-refractivity contribution >= 4 is 29.1 Å². The van der Waals surface area contributed by atoms with Crippen LogP contribution in [0.15, 0.2) is 18.2 Å². The average Bonchev–Trinajstić information content (AvgIpc) is 2.58. The maximum atomic E-state index is 13.0. The molecule has 0 aromatic carbocycles. The Kier molecular flexibility index (Phi) is 5.78. The van der Waals surface area contributed by atoms with Gasteiger partial charge in [-0.1, -0.05) is 11.6 Å². The van der Waals surface area contributed by atoms with Crippen LogP contribution >= 0.6 is 11.6 Å². The Morgan fingerprint density at radius 1 is 1.32 bits per heavy atom. The average molecular weight is 413 g/mol. The first-order valence-electron chi connectivity index (χ1n) is 8.57. The van der Waals surface area contributed by atoms with Crippen LogP contribution in [0.1, 0.15) is 18.2 Å². The lowest BCUT2D eigenvalue weighted by atomic mass is 10.1. The number of aromatic nitrogens is 3. The summed E-state index contributed by atoms with van der Waals surface area (Å²) in [7, 11) is 0. The number of urea groups is 1. The first kappa shape index (κ1) is 20.0. The van der Waals surface area contributed by atoms with E-state index in [2.05, 4.69) is 25.8 Å². The fourth-order valence-corrected chi connectivity index (χ4v) is 2.91. The molecule has 1 saturated heterocycles. The third-order valence-electron chi connectivity index (χ3n) is 3.90. The molecule has 0 unspecified atom stereocenters. The van der Waals surface area contributed by atoms with Gasteiger partial charge in [0.15, 0.2) is 5.82 Å². The molecule has 2 aromatic heterocycles. The fourth-order valence-electron chi connectivity index (χ4n) is 2.71. The highest BCUT2D eigenvalue weighted by Gasteiger charge is 2.45. The summed E-state index contributed by atoms with van der Waals surface area (Å²) in [5, 5.41) is 13.5. The smallest absolute Gasteiger partial charge is 0.319 e. The van der Waals surface area contributed by atoms with Gasteiger partial charge in [-0.25, -0.2) is 18.6 Å². The molecule has 28 heavy (non-hydrogen) atoms.